The summed E-state index contributed by atoms with van der Waals surface area (Å²) in [5.41, 5.74) is 0. The van der Waals surface area contributed by atoms with Crippen molar-refractivity contribution in [1.82, 2.24) is 5.32 Å². The van der Waals surface area contributed by atoms with Gasteiger partial charge >= 0.3 is 0 Å². The quantitative estimate of drug-likeness (QED) is 0.774. The topological polar surface area (TPSA) is 52.9 Å². The Hall–Kier alpha value is -0.690. The maximum absolute atomic E-state index is 11.1. The number of nitrogens with zero attached hydrogens (tertiary/aromatic N) is 1. The molecule has 0 aromatic rings. The van der Waals surface area contributed by atoms with Gasteiger partial charge in [-0.15, -0.1) is 0 Å². The van der Waals surface area contributed by atoms with Crippen LogP contribution in [0.1, 0.15) is 32.1 Å². The molecule has 1 rings (SSSR count). The molecule has 0 aromatic carbocycles. The summed E-state index contributed by atoms with van der Waals surface area (Å²) in [4.78, 5) is 11.1. The number of hydrogen-bond acceptors (Lipinski definition) is 3. The lowest BCUT2D eigenvalue weighted by atomic mass is 9.95. The molecule has 0 saturated heterocycles. The Kier molecular flexibility index (Phi) is 4.81. The fraction of sp³-hybridized carbons (Fsp3) is 0.800. The third-order valence-electron chi connectivity index (χ3n) is 2.61. The lowest BCUT2D eigenvalue weighted by Crippen LogP contribution is -2.37. The van der Waals surface area contributed by atoms with E-state index >= 15 is 0 Å². The molecule has 0 aliphatic heterocycles. The summed E-state index contributed by atoms with van der Waals surface area (Å²) in [7, 11) is 0. The van der Waals surface area contributed by atoms with Crippen LogP contribution in [0.2, 0.25) is 0 Å². The zero-order valence-electron chi connectivity index (χ0n) is 8.45. The third-order valence-corrected chi connectivity index (χ3v) is 3.75. The van der Waals surface area contributed by atoms with Gasteiger partial charge in [0.2, 0.25) is 5.91 Å². The van der Waals surface area contributed by atoms with Crippen LogP contribution in [0.4, 0.5) is 0 Å². The molecular formula is C10H16N2OS. The second kappa shape index (κ2) is 5.92. The van der Waals surface area contributed by atoms with Crippen LogP contribution in [0.5, 0.6) is 0 Å². The fourth-order valence-corrected chi connectivity index (χ4v) is 2.54. The average Bonchev–Trinajstić information content (AvgIpc) is 2.19. The zero-order valence-corrected chi connectivity index (χ0v) is 9.27. The Labute approximate surface area is 89.2 Å². The van der Waals surface area contributed by atoms with Gasteiger partial charge in [0, 0.05) is 11.3 Å². The first-order valence-corrected chi connectivity index (χ1v) is 6.24. The standard InChI is InChI=1S/C10H16N2OS/c1-14-9-4-2-8(3-5-9)12-10(13)6-7-11/h8-9H,2-6H2,1H3,(H,12,13). The van der Waals surface area contributed by atoms with Crippen molar-refractivity contribution in [2.45, 2.75) is 43.4 Å². The number of carbonyl (C=O) groups is 1. The van der Waals surface area contributed by atoms with Gasteiger partial charge in [0.25, 0.3) is 0 Å². The molecule has 0 unspecified atom stereocenters. The molecule has 1 N–H and O–H groups in total. The van der Waals surface area contributed by atoms with Gasteiger partial charge in [-0.1, -0.05) is 0 Å². The molecular weight excluding hydrogens is 196 g/mol. The van der Waals surface area contributed by atoms with Crippen molar-refractivity contribution in [3.63, 3.8) is 0 Å². The van der Waals surface area contributed by atoms with Crippen molar-refractivity contribution in [1.29, 1.82) is 5.26 Å². The molecule has 4 heteroatoms. The molecule has 0 aromatic heterocycles. The highest BCUT2D eigenvalue weighted by molar-refractivity contribution is 7.99. The van der Waals surface area contributed by atoms with Crippen LogP contribution in [0, 0.1) is 11.3 Å². The summed E-state index contributed by atoms with van der Waals surface area (Å²) < 4.78 is 0. The van der Waals surface area contributed by atoms with E-state index in [2.05, 4.69) is 11.6 Å². The Bertz CT molecular complexity index is 229. The third kappa shape index (κ3) is 3.59. The molecule has 1 aliphatic carbocycles. The smallest absolute Gasteiger partial charge is 0.234 e. The van der Waals surface area contributed by atoms with E-state index in [-0.39, 0.29) is 12.3 Å². The summed E-state index contributed by atoms with van der Waals surface area (Å²) in [5, 5.41) is 12.0. The lowest BCUT2D eigenvalue weighted by Gasteiger charge is -2.27. The summed E-state index contributed by atoms with van der Waals surface area (Å²) in [6, 6.07) is 2.17. The molecule has 0 bridgehead atoms. The number of nitrogens with one attached hydrogen (secondary N) is 1. The van der Waals surface area contributed by atoms with Crippen LogP contribution in [-0.4, -0.2) is 23.5 Å². The fourth-order valence-electron chi connectivity index (χ4n) is 1.79. The van der Waals surface area contributed by atoms with Gasteiger partial charge in [0.15, 0.2) is 0 Å². The van der Waals surface area contributed by atoms with E-state index in [1.54, 1.807) is 0 Å². The number of rotatable bonds is 3. The molecule has 0 heterocycles. The van der Waals surface area contributed by atoms with E-state index < -0.39 is 0 Å². The van der Waals surface area contributed by atoms with Gasteiger partial charge in [0.1, 0.15) is 6.42 Å². The highest BCUT2D eigenvalue weighted by Gasteiger charge is 2.21. The van der Waals surface area contributed by atoms with E-state index in [0.29, 0.717) is 6.04 Å². The number of carbonyl (C=O) groups excluding carboxylic acids is 1. The van der Waals surface area contributed by atoms with Crippen LogP contribution < -0.4 is 5.32 Å². The van der Waals surface area contributed by atoms with Crippen LogP contribution in [0.3, 0.4) is 0 Å². The summed E-state index contributed by atoms with van der Waals surface area (Å²) in [5.74, 6) is -0.125. The zero-order chi connectivity index (χ0) is 10.4. The average molecular weight is 212 g/mol. The van der Waals surface area contributed by atoms with Gasteiger partial charge in [-0.2, -0.15) is 17.0 Å². The molecule has 1 aliphatic rings. The van der Waals surface area contributed by atoms with E-state index in [4.69, 9.17) is 5.26 Å². The van der Waals surface area contributed by atoms with E-state index in [1.807, 2.05) is 17.8 Å². The normalized spacial score (nSPS) is 26.6. The molecule has 0 spiro atoms. The van der Waals surface area contributed by atoms with Crippen molar-refractivity contribution in [3.05, 3.63) is 0 Å². The van der Waals surface area contributed by atoms with Crippen molar-refractivity contribution >= 4 is 17.7 Å². The first kappa shape index (κ1) is 11.4. The maximum Gasteiger partial charge on any atom is 0.234 e. The van der Waals surface area contributed by atoms with Crippen LogP contribution >= 0.6 is 11.8 Å². The van der Waals surface area contributed by atoms with Gasteiger partial charge in [-0.25, -0.2) is 0 Å². The highest BCUT2D eigenvalue weighted by Crippen LogP contribution is 2.26. The molecule has 3 nitrogen and oxygen atoms in total. The minimum absolute atomic E-state index is 0.0115. The molecule has 14 heavy (non-hydrogen) atoms. The van der Waals surface area contributed by atoms with E-state index in [1.165, 1.54) is 12.8 Å². The summed E-state index contributed by atoms with van der Waals surface area (Å²) >= 11 is 1.91. The Balaban J connectivity index is 2.22. The van der Waals surface area contributed by atoms with Crippen molar-refractivity contribution in [2.75, 3.05) is 6.26 Å². The Morgan fingerprint density at radius 3 is 2.64 bits per heavy atom. The summed E-state index contributed by atoms with van der Waals surface area (Å²) in [6.07, 6.45) is 6.60. The maximum atomic E-state index is 11.1. The van der Waals surface area contributed by atoms with Crippen LogP contribution in [0.15, 0.2) is 0 Å². The minimum atomic E-state index is -0.125. The van der Waals surface area contributed by atoms with Crippen LogP contribution in [0.25, 0.3) is 0 Å². The number of hydrogen-bond donors (Lipinski definition) is 1. The SMILES string of the molecule is CSC1CCC(NC(=O)CC#N)CC1. The molecule has 1 saturated carbocycles. The molecule has 1 fully saturated rings. The first-order chi connectivity index (χ1) is 6.76. The Morgan fingerprint density at radius 2 is 2.14 bits per heavy atom. The van der Waals surface area contributed by atoms with Crippen molar-refractivity contribution in [2.24, 2.45) is 0 Å². The number of nitriles is 1. The second-order valence-corrected chi connectivity index (χ2v) is 4.75. The Morgan fingerprint density at radius 1 is 1.50 bits per heavy atom. The molecule has 0 radical (unpaired) electrons. The van der Waals surface area contributed by atoms with Crippen molar-refractivity contribution in [3.8, 4) is 6.07 Å². The first-order valence-electron chi connectivity index (χ1n) is 4.95. The predicted molar refractivity (Wildman–Crippen MR) is 57.9 cm³/mol. The van der Waals surface area contributed by atoms with Crippen LogP contribution in [-0.2, 0) is 4.79 Å². The highest BCUT2D eigenvalue weighted by atomic mass is 32.2. The number of thioether (sulfide) groups is 1. The predicted octanol–water partition coefficient (Wildman–Crippen LogP) is 1.69. The van der Waals surface area contributed by atoms with E-state index in [9.17, 15) is 4.79 Å². The van der Waals surface area contributed by atoms with E-state index in [0.717, 1.165) is 18.1 Å². The largest absolute Gasteiger partial charge is 0.352 e. The minimum Gasteiger partial charge on any atom is -0.352 e. The monoisotopic (exact) mass is 212 g/mol. The van der Waals surface area contributed by atoms with Gasteiger partial charge in [0.05, 0.1) is 6.07 Å². The molecule has 1 amide bonds. The van der Waals surface area contributed by atoms with Gasteiger partial charge < -0.3 is 5.32 Å². The van der Waals surface area contributed by atoms with Gasteiger partial charge in [-0.05, 0) is 31.9 Å². The molecule has 78 valence electrons. The lowest BCUT2D eigenvalue weighted by molar-refractivity contribution is -0.121. The number of amides is 1. The van der Waals surface area contributed by atoms with Crippen molar-refractivity contribution < 1.29 is 4.79 Å². The summed E-state index contributed by atoms with van der Waals surface area (Å²) in [6.45, 7) is 0. The van der Waals surface area contributed by atoms with Gasteiger partial charge in [-0.3, -0.25) is 4.79 Å². The second-order valence-electron chi connectivity index (χ2n) is 3.61. The molecule has 0 atom stereocenters.